The molecular weight excluding hydrogens is 342 g/mol. The predicted molar refractivity (Wildman–Crippen MR) is 97.7 cm³/mol. The summed E-state index contributed by atoms with van der Waals surface area (Å²) in [6.07, 6.45) is 5.21. The number of rotatable bonds is 5. The van der Waals surface area contributed by atoms with Crippen LogP contribution in [0, 0.1) is 17.3 Å². The van der Waals surface area contributed by atoms with Crippen LogP contribution >= 0.6 is 27.7 Å². The second-order valence-corrected chi connectivity index (χ2v) is 9.19. The SMILES string of the molecule is CCC(C)(C)C1CCC(CN)C(Sc2ccc(Br)cc2)C1. The van der Waals surface area contributed by atoms with Gasteiger partial charge in [-0.05, 0) is 67.3 Å². The van der Waals surface area contributed by atoms with Crippen LogP contribution in [0.15, 0.2) is 33.6 Å². The van der Waals surface area contributed by atoms with E-state index in [1.165, 1.54) is 30.6 Å². The molecule has 0 spiro atoms. The van der Waals surface area contributed by atoms with Crippen LogP contribution in [0.5, 0.6) is 0 Å². The first-order valence-corrected chi connectivity index (χ1v) is 9.75. The summed E-state index contributed by atoms with van der Waals surface area (Å²) >= 11 is 5.55. The number of nitrogens with two attached hydrogens (primary N) is 1. The molecule has 0 radical (unpaired) electrons. The maximum Gasteiger partial charge on any atom is 0.0176 e. The van der Waals surface area contributed by atoms with Gasteiger partial charge in [0, 0.05) is 14.6 Å². The van der Waals surface area contributed by atoms with Gasteiger partial charge in [0.05, 0.1) is 0 Å². The molecule has 0 amide bonds. The highest BCUT2D eigenvalue weighted by molar-refractivity contribution is 9.10. The minimum absolute atomic E-state index is 0.456. The van der Waals surface area contributed by atoms with Crippen molar-refractivity contribution >= 4 is 27.7 Å². The molecular formula is C18H28BrNS. The number of thioether (sulfide) groups is 1. The molecule has 3 unspecified atom stereocenters. The van der Waals surface area contributed by atoms with Gasteiger partial charge in [0.1, 0.15) is 0 Å². The molecule has 0 aliphatic heterocycles. The third-order valence-electron chi connectivity index (χ3n) is 5.35. The van der Waals surface area contributed by atoms with Gasteiger partial charge in [0.15, 0.2) is 0 Å². The molecule has 1 aliphatic carbocycles. The molecule has 1 aromatic carbocycles. The Balaban J connectivity index is 2.08. The summed E-state index contributed by atoms with van der Waals surface area (Å²) in [5.74, 6) is 1.50. The highest BCUT2D eigenvalue weighted by atomic mass is 79.9. The fourth-order valence-electron chi connectivity index (χ4n) is 3.29. The van der Waals surface area contributed by atoms with Crippen molar-refractivity contribution in [2.45, 2.75) is 56.6 Å². The van der Waals surface area contributed by atoms with Gasteiger partial charge in [-0.1, -0.05) is 43.1 Å². The van der Waals surface area contributed by atoms with Crippen LogP contribution in [-0.4, -0.2) is 11.8 Å². The van der Waals surface area contributed by atoms with Crippen LogP contribution in [0.3, 0.4) is 0 Å². The zero-order valence-electron chi connectivity index (χ0n) is 13.4. The van der Waals surface area contributed by atoms with Gasteiger partial charge >= 0.3 is 0 Å². The van der Waals surface area contributed by atoms with Crippen LogP contribution in [0.1, 0.15) is 46.5 Å². The van der Waals surface area contributed by atoms with Crippen molar-refractivity contribution in [1.29, 1.82) is 0 Å². The molecule has 2 rings (SSSR count). The molecule has 0 bridgehead atoms. The first-order chi connectivity index (χ1) is 9.96. The first-order valence-electron chi connectivity index (χ1n) is 8.08. The van der Waals surface area contributed by atoms with Gasteiger partial charge in [-0.15, -0.1) is 11.8 Å². The normalized spacial score (nSPS) is 26.8. The van der Waals surface area contributed by atoms with E-state index < -0.39 is 0 Å². The Morgan fingerprint density at radius 3 is 2.48 bits per heavy atom. The average Bonchev–Trinajstić information content (AvgIpc) is 2.49. The molecule has 1 aliphatic rings. The maximum atomic E-state index is 6.04. The molecule has 0 saturated heterocycles. The molecule has 2 N–H and O–H groups in total. The van der Waals surface area contributed by atoms with Gasteiger partial charge in [-0.3, -0.25) is 0 Å². The number of hydrogen-bond donors (Lipinski definition) is 1. The largest absolute Gasteiger partial charge is 0.330 e. The van der Waals surface area contributed by atoms with Gasteiger partial charge in [-0.25, -0.2) is 0 Å². The van der Waals surface area contributed by atoms with Crippen LogP contribution in [0.2, 0.25) is 0 Å². The first kappa shape index (κ1) is 17.4. The molecule has 1 saturated carbocycles. The lowest BCUT2D eigenvalue weighted by atomic mass is 9.67. The maximum absolute atomic E-state index is 6.04. The monoisotopic (exact) mass is 369 g/mol. The molecule has 3 heteroatoms. The van der Waals surface area contributed by atoms with Crippen LogP contribution in [-0.2, 0) is 0 Å². The van der Waals surface area contributed by atoms with Crippen molar-refractivity contribution in [2.24, 2.45) is 23.0 Å². The summed E-state index contributed by atoms with van der Waals surface area (Å²) in [4.78, 5) is 1.37. The Hall–Kier alpha value is 0.01000. The van der Waals surface area contributed by atoms with Gasteiger partial charge in [0.2, 0.25) is 0 Å². The van der Waals surface area contributed by atoms with Crippen LogP contribution < -0.4 is 5.73 Å². The van der Waals surface area contributed by atoms with Gasteiger partial charge < -0.3 is 5.73 Å². The van der Waals surface area contributed by atoms with Crippen molar-refractivity contribution in [1.82, 2.24) is 0 Å². The van der Waals surface area contributed by atoms with E-state index in [1.807, 2.05) is 11.8 Å². The van der Waals surface area contributed by atoms with Crippen molar-refractivity contribution in [3.05, 3.63) is 28.7 Å². The fraction of sp³-hybridized carbons (Fsp3) is 0.667. The second kappa shape index (κ2) is 7.52. The third kappa shape index (κ3) is 4.49. The summed E-state index contributed by atoms with van der Waals surface area (Å²) in [5.41, 5.74) is 6.49. The summed E-state index contributed by atoms with van der Waals surface area (Å²) in [5, 5.41) is 0.667. The molecule has 1 aromatic rings. The number of halogens is 1. The molecule has 1 nitrogen and oxygen atoms in total. The summed E-state index contributed by atoms with van der Waals surface area (Å²) in [7, 11) is 0. The highest BCUT2D eigenvalue weighted by Crippen LogP contribution is 2.46. The van der Waals surface area contributed by atoms with E-state index in [2.05, 4.69) is 61.0 Å². The smallest absolute Gasteiger partial charge is 0.0176 e. The second-order valence-electron chi connectivity index (χ2n) is 6.96. The molecule has 3 atom stereocenters. The quantitative estimate of drug-likeness (QED) is 0.717. The Morgan fingerprint density at radius 2 is 1.90 bits per heavy atom. The van der Waals surface area contributed by atoms with E-state index in [-0.39, 0.29) is 0 Å². The van der Waals surface area contributed by atoms with Crippen molar-refractivity contribution in [3.8, 4) is 0 Å². The van der Waals surface area contributed by atoms with E-state index in [0.29, 0.717) is 16.6 Å². The average molecular weight is 370 g/mol. The predicted octanol–water partition coefficient (Wildman–Crippen LogP) is 5.72. The summed E-state index contributed by atoms with van der Waals surface area (Å²) < 4.78 is 1.15. The van der Waals surface area contributed by atoms with Crippen molar-refractivity contribution in [3.63, 3.8) is 0 Å². The lowest BCUT2D eigenvalue weighted by molar-refractivity contribution is 0.134. The van der Waals surface area contributed by atoms with E-state index in [1.54, 1.807) is 0 Å². The van der Waals surface area contributed by atoms with Crippen LogP contribution in [0.4, 0.5) is 0 Å². The minimum Gasteiger partial charge on any atom is -0.330 e. The van der Waals surface area contributed by atoms with Gasteiger partial charge in [-0.2, -0.15) is 0 Å². The zero-order valence-corrected chi connectivity index (χ0v) is 15.8. The molecule has 0 heterocycles. The number of hydrogen-bond acceptors (Lipinski definition) is 2. The molecule has 1 fully saturated rings. The number of benzene rings is 1. The summed E-state index contributed by atoms with van der Waals surface area (Å²) in [6.45, 7) is 8.02. The van der Waals surface area contributed by atoms with Crippen LogP contribution in [0.25, 0.3) is 0 Å². The standard InChI is InChI=1S/C18H28BrNS/c1-4-18(2,3)14-6-5-13(12-20)17(11-14)21-16-9-7-15(19)8-10-16/h7-10,13-14,17H,4-6,11-12,20H2,1-3H3. The molecule has 118 valence electrons. The van der Waals surface area contributed by atoms with E-state index >= 15 is 0 Å². The molecule has 0 aromatic heterocycles. The lowest BCUT2D eigenvalue weighted by Gasteiger charge is -2.42. The Kier molecular flexibility index (Phi) is 6.22. The van der Waals surface area contributed by atoms with E-state index in [4.69, 9.17) is 5.73 Å². The topological polar surface area (TPSA) is 26.0 Å². The third-order valence-corrected chi connectivity index (χ3v) is 7.30. The fourth-order valence-corrected chi connectivity index (χ4v) is 4.97. The zero-order chi connectivity index (χ0) is 15.5. The van der Waals surface area contributed by atoms with E-state index in [9.17, 15) is 0 Å². The minimum atomic E-state index is 0.456. The lowest BCUT2D eigenvalue weighted by Crippen LogP contribution is -2.37. The summed E-state index contributed by atoms with van der Waals surface area (Å²) in [6, 6.07) is 8.71. The van der Waals surface area contributed by atoms with Gasteiger partial charge in [0.25, 0.3) is 0 Å². The highest BCUT2D eigenvalue weighted by Gasteiger charge is 2.37. The molecule has 21 heavy (non-hydrogen) atoms. The Labute approximate surface area is 142 Å². The van der Waals surface area contributed by atoms with Crippen molar-refractivity contribution < 1.29 is 0 Å². The van der Waals surface area contributed by atoms with E-state index in [0.717, 1.165) is 16.9 Å². The Morgan fingerprint density at radius 1 is 1.24 bits per heavy atom. The Bertz CT molecular complexity index is 443. The van der Waals surface area contributed by atoms with Crippen molar-refractivity contribution in [2.75, 3.05) is 6.54 Å².